The topological polar surface area (TPSA) is 46.2 Å². The first-order valence-corrected chi connectivity index (χ1v) is 5.28. The summed E-state index contributed by atoms with van der Waals surface area (Å²) in [6.07, 6.45) is 3.23. The van der Waals surface area contributed by atoms with Gasteiger partial charge in [-0.2, -0.15) is 0 Å². The Hall–Kier alpha value is -0.570. The summed E-state index contributed by atoms with van der Waals surface area (Å²) in [5.41, 5.74) is 9.38. The Kier molecular flexibility index (Phi) is 2.77. The summed E-state index contributed by atoms with van der Waals surface area (Å²) in [4.78, 5) is 0. The summed E-state index contributed by atoms with van der Waals surface area (Å²) in [6, 6.07) is 3.56. The average Bonchev–Trinajstić information content (AvgIpc) is 2.67. The fourth-order valence-electron chi connectivity index (χ4n) is 2.14. The van der Waals surface area contributed by atoms with Gasteiger partial charge in [0.2, 0.25) is 0 Å². The molecule has 1 atom stereocenters. The highest BCUT2D eigenvalue weighted by Crippen LogP contribution is 2.33. The number of rotatable bonds is 2. The molecule has 76 valence electrons. The number of nitrogens with two attached hydrogens (primary N) is 1. The fourth-order valence-corrected chi connectivity index (χ4v) is 2.41. The zero-order valence-electron chi connectivity index (χ0n) is 7.96. The average molecular weight is 212 g/mol. The van der Waals surface area contributed by atoms with Crippen molar-refractivity contribution in [2.45, 2.75) is 25.3 Å². The number of fused-ring (bicyclic) bond motifs is 1. The first-order valence-electron chi connectivity index (χ1n) is 4.90. The van der Waals surface area contributed by atoms with Crippen LogP contribution in [0.2, 0.25) is 5.02 Å². The number of hydrogen-bond donors (Lipinski definition) is 2. The van der Waals surface area contributed by atoms with Gasteiger partial charge in [0, 0.05) is 5.02 Å². The lowest BCUT2D eigenvalue weighted by Gasteiger charge is -2.14. The Morgan fingerprint density at radius 1 is 1.36 bits per heavy atom. The van der Waals surface area contributed by atoms with E-state index in [0.29, 0.717) is 0 Å². The molecule has 0 unspecified atom stereocenters. The van der Waals surface area contributed by atoms with Crippen molar-refractivity contribution in [1.29, 1.82) is 0 Å². The van der Waals surface area contributed by atoms with Gasteiger partial charge in [-0.25, -0.2) is 0 Å². The summed E-state index contributed by atoms with van der Waals surface area (Å²) < 4.78 is 0. The Labute approximate surface area is 88.7 Å². The van der Waals surface area contributed by atoms with Gasteiger partial charge in [0.15, 0.2) is 0 Å². The normalized spacial score (nSPS) is 16.8. The standard InChI is InChI=1S/C11H14ClNO/c12-10-5-4-9(11(13)6-14)7-2-1-3-8(7)10/h4-5,11,14H,1-3,6,13H2/t11-/m0/s1. The van der Waals surface area contributed by atoms with Crippen LogP contribution in [0.4, 0.5) is 0 Å². The van der Waals surface area contributed by atoms with Gasteiger partial charge >= 0.3 is 0 Å². The quantitative estimate of drug-likeness (QED) is 0.784. The van der Waals surface area contributed by atoms with E-state index in [1.54, 1.807) is 0 Å². The van der Waals surface area contributed by atoms with E-state index < -0.39 is 0 Å². The fraction of sp³-hybridized carbons (Fsp3) is 0.455. The van der Waals surface area contributed by atoms with Crippen molar-refractivity contribution < 1.29 is 5.11 Å². The van der Waals surface area contributed by atoms with Crippen LogP contribution >= 0.6 is 11.6 Å². The molecule has 2 rings (SSSR count). The predicted molar refractivity (Wildman–Crippen MR) is 57.5 cm³/mol. The third-order valence-electron chi connectivity index (χ3n) is 2.86. The van der Waals surface area contributed by atoms with Gasteiger partial charge < -0.3 is 10.8 Å². The minimum Gasteiger partial charge on any atom is -0.394 e. The maximum absolute atomic E-state index is 9.03. The Balaban J connectivity index is 2.48. The van der Waals surface area contributed by atoms with Crippen LogP contribution in [0.3, 0.4) is 0 Å². The van der Waals surface area contributed by atoms with Crippen molar-refractivity contribution in [2.75, 3.05) is 6.61 Å². The first-order chi connectivity index (χ1) is 6.74. The van der Waals surface area contributed by atoms with Crippen LogP contribution in [0.15, 0.2) is 12.1 Å². The maximum Gasteiger partial charge on any atom is 0.0624 e. The van der Waals surface area contributed by atoms with Crippen LogP contribution in [0.1, 0.15) is 29.2 Å². The highest BCUT2D eigenvalue weighted by atomic mass is 35.5. The molecule has 1 aliphatic carbocycles. The van der Waals surface area contributed by atoms with Crippen LogP contribution < -0.4 is 5.73 Å². The minimum atomic E-state index is -0.265. The molecule has 0 radical (unpaired) electrons. The predicted octanol–water partition coefficient (Wildman–Crippen LogP) is 1.82. The molecule has 1 aromatic carbocycles. The van der Waals surface area contributed by atoms with Crippen molar-refractivity contribution >= 4 is 11.6 Å². The maximum atomic E-state index is 9.03. The molecule has 0 saturated carbocycles. The van der Waals surface area contributed by atoms with Crippen LogP contribution in [-0.4, -0.2) is 11.7 Å². The van der Waals surface area contributed by atoms with Crippen molar-refractivity contribution in [3.63, 3.8) is 0 Å². The molecule has 2 nitrogen and oxygen atoms in total. The van der Waals surface area contributed by atoms with E-state index in [0.717, 1.165) is 29.8 Å². The van der Waals surface area contributed by atoms with E-state index in [2.05, 4.69) is 0 Å². The molecule has 14 heavy (non-hydrogen) atoms. The van der Waals surface area contributed by atoms with Gasteiger partial charge in [-0.05, 0) is 42.0 Å². The van der Waals surface area contributed by atoms with E-state index in [4.69, 9.17) is 22.4 Å². The van der Waals surface area contributed by atoms with Gasteiger partial charge in [-0.15, -0.1) is 0 Å². The summed E-state index contributed by atoms with van der Waals surface area (Å²) in [7, 11) is 0. The SMILES string of the molecule is N[C@@H](CO)c1ccc(Cl)c2c1CCC2. The van der Waals surface area contributed by atoms with E-state index in [1.807, 2.05) is 12.1 Å². The van der Waals surface area contributed by atoms with Crippen LogP contribution in [-0.2, 0) is 12.8 Å². The highest BCUT2D eigenvalue weighted by Gasteiger charge is 2.20. The number of halogens is 1. The molecule has 1 aromatic rings. The van der Waals surface area contributed by atoms with Crippen molar-refractivity contribution in [3.05, 3.63) is 33.8 Å². The Morgan fingerprint density at radius 3 is 2.79 bits per heavy atom. The molecule has 3 N–H and O–H groups in total. The third-order valence-corrected chi connectivity index (χ3v) is 3.21. The third kappa shape index (κ3) is 1.54. The monoisotopic (exact) mass is 211 g/mol. The van der Waals surface area contributed by atoms with Gasteiger partial charge in [-0.3, -0.25) is 0 Å². The highest BCUT2D eigenvalue weighted by molar-refractivity contribution is 6.31. The molecule has 3 heteroatoms. The molecule has 0 spiro atoms. The van der Waals surface area contributed by atoms with Gasteiger partial charge in [-0.1, -0.05) is 17.7 Å². The molecule has 0 bridgehead atoms. The smallest absolute Gasteiger partial charge is 0.0624 e. The van der Waals surface area contributed by atoms with Gasteiger partial charge in [0.1, 0.15) is 0 Å². The Morgan fingerprint density at radius 2 is 2.07 bits per heavy atom. The summed E-state index contributed by atoms with van der Waals surface area (Å²) in [6.45, 7) is -0.00588. The van der Waals surface area contributed by atoms with Crippen LogP contribution in [0.25, 0.3) is 0 Å². The largest absolute Gasteiger partial charge is 0.394 e. The van der Waals surface area contributed by atoms with E-state index in [1.165, 1.54) is 11.1 Å². The summed E-state index contributed by atoms with van der Waals surface area (Å²) in [5.74, 6) is 0. The van der Waals surface area contributed by atoms with Crippen molar-refractivity contribution in [3.8, 4) is 0 Å². The van der Waals surface area contributed by atoms with Crippen molar-refractivity contribution in [2.24, 2.45) is 5.73 Å². The zero-order chi connectivity index (χ0) is 10.1. The number of hydrogen-bond acceptors (Lipinski definition) is 2. The van der Waals surface area contributed by atoms with Crippen LogP contribution in [0.5, 0.6) is 0 Å². The van der Waals surface area contributed by atoms with Crippen molar-refractivity contribution in [1.82, 2.24) is 0 Å². The number of benzene rings is 1. The lowest BCUT2D eigenvalue weighted by atomic mass is 9.98. The van der Waals surface area contributed by atoms with Gasteiger partial charge in [0.25, 0.3) is 0 Å². The lowest BCUT2D eigenvalue weighted by molar-refractivity contribution is 0.267. The molecule has 0 heterocycles. The van der Waals surface area contributed by atoms with E-state index in [9.17, 15) is 0 Å². The lowest BCUT2D eigenvalue weighted by Crippen LogP contribution is -2.16. The molecule has 1 aliphatic rings. The molecular weight excluding hydrogens is 198 g/mol. The Bertz CT molecular complexity index is 351. The summed E-state index contributed by atoms with van der Waals surface area (Å²) in [5, 5.41) is 9.87. The zero-order valence-corrected chi connectivity index (χ0v) is 8.72. The summed E-state index contributed by atoms with van der Waals surface area (Å²) >= 11 is 6.09. The van der Waals surface area contributed by atoms with Gasteiger partial charge in [0.05, 0.1) is 12.6 Å². The molecule has 0 aromatic heterocycles. The van der Waals surface area contributed by atoms with Crippen LogP contribution in [0, 0.1) is 0 Å². The second-order valence-electron chi connectivity index (χ2n) is 3.74. The molecular formula is C11H14ClNO. The second-order valence-corrected chi connectivity index (χ2v) is 4.14. The molecule has 0 saturated heterocycles. The molecule has 0 amide bonds. The minimum absolute atomic E-state index is 0.00588. The number of aliphatic hydroxyl groups excluding tert-OH is 1. The second kappa shape index (κ2) is 3.89. The van der Waals surface area contributed by atoms with E-state index >= 15 is 0 Å². The number of aliphatic hydroxyl groups is 1. The molecule has 0 aliphatic heterocycles. The first kappa shape index (κ1) is 9.97. The molecule has 0 fully saturated rings. The van der Waals surface area contributed by atoms with E-state index in [-0.39, 0.29) is 12.6 Å².